The molecule has 0 aromatic heterocycles. The van der Waals surface area contributed by atoms with Gasteiger partial charge in [0.15, 0.2) is 12.4 Å². The lowest BCUT2D eigenvalue weighted by Crippen LogP contribution is -1.27. The van der Waals surface area contributed by atoms with Gasteiger partial charge in [-0.25, -0.2) is 0 Å². The number of rotatable bonds is 0. The minimum absolute atomic E-state index is 0.753. The molecule has 1 aliphatic heterocycles. The highest BCUT2D eigenvalue weighted by Crippen LogP contribution is 2.09. The molecule has 1 saturated heterocycles. The molecule has 0 amide bonds. The van der Waals surface area contributed by atoms with Crippen LogP contribution in [-0.2, 0) is 4.74 Å². The van der Waals surface area contributed by atoms with E-state index >= 15 is 0 Å². The van der Waals surface area contributed by atoms with Crippen molar-refractivity contribution in [3.63, 3.8) is 0 Å². The predicted molar refractivity (Wildman–Crippen MR) is 18.6 cm³/mol. The van der Waals surface area contributed by atoms with E-state index in [1.165, 1.54) is 0 Å². The Morgan fingerprint density at radius 2 is 2.60 bits per heavy atom. The molecular weight excluding hydrogens is 64.0 g/mol. The molecule has 0 aromatic carbocycles. The van der Waals surface area contributed by atoms with Gasteiger partial charge in [0.1, 0.15) is 0 Å². The fourth-order valence-corrected chi connectivity index (χ4v) is 0.138. The topological polar surface area (TPSA) is 12.5 Å². The van der Waals surface area contributed by atoms with Gasteiger partial charge in [0.2, 0.25) is 0 Å². The van der Waals surface area contributed by atoms with E-state index in [1.54, 1.807) is 0 Å². The van der Waals surface area contributed by atoms with Crippen LogP contribution in [0.25, 0.3) is 0 Å². The van der Waals surface area contributed by atoms with Gasteiger partial charge in [-0.15, -0.1) is 0 Å². The van der Waals surface area contributed by atoms with Gasteiger partial charge >= 0.3 is 0 Å². The lowest BCUT2D eigenvalue weighted by Gasteiger charge is -1.42. The van der Waals surface area contributed by atoms with E-state index in [4.69, 9.17) is 0 Å². The number of hydrogen-bond acceptors (Lipinski definition) is 1. The highest BCUT2D eigenvalue weighted by atomic mass is 16.6. The first-order valence-electron chi connectivity index (χ1n) is 1.45. The van der Waals surface area contributed by atoms with Gasteiger partial charge < -0.3 is 4.74 Å². The molecule has 1 nitrogen and oxygen atoms in total. The zero-order chi connectivity index (χ0) is 3.70. The second-order valence-electron chi connectivity index (χ2n) is 0.889. The maximum Gasteiger partial charge on any atom is 0.176 e. The summed E-state index contributed by atoms with van der Waals surface area (Å²) in [6, 6.07) is 0. The molecule has 1 fully saturated rings. The van der Waals surface area contributed by atoms with Crippen molar-refractivity contribution in [3.05, 3.63) is 18.1 Å². The van der Waals surface area contributed by atoms with Crippen molar-refractivity contribution < 1.29 is 4.74 Å². The minimum atomic E-state index is 0.753. The first-order valence-corrected chi connectivity index (χ1v) is 1.45. The summed E-state index contributed by atoms with van der Waals surface area (Å²) in [5, 5.41) is 0. The van der Waals surface area contributed by atoms with Crippen molar-refractivity contribution in [2.24, 2.45) is 0 Å². The third-order valence-corrected chi connectivity index (χ3v) is 0.486. The van der Waals surface area contributed by atoms with Crippen LogP contribution in [0.15, 0.2) is 18.1 Å². The lowest BCUT2D eigenvalue weighted by molar-refractivity contribution is 0.510. The lowest BCUT2D eigenvalue weighted by atomic mass is 10.7. The molecule has 0 saturated carbocycles. The van der Waals surface area contributed by atoms with Crippen molar-refractivity contribution in [1.82, 2.24) is 0 Å². The number of hydrogen-bond donors (Lipinski definition) is 0. The van der Waals surface area contributed by atoms with Gasteiger partial charge in [-0.3, -0.25) is 0 Å². The van der Waals surface area contributed by atoms with Crippen LogP contribution >= 0.6 is 0 Å². The van der Waals surface area contributed by atoms with Crippen molar-refractivity contribution >= 4 is 0 Å². The number of ether oxygens (including phenoxy) is 1. The van der Waals surface area contributed by atoms with Crippen LogP contribution in [0.2, 0.25) is 0 Å². The Hall–Kier alpha value is -0.680. The molecule has 0 unspecified atom stereocenters. The summed E-state index contributed by atoms with van der Waals surface area (Å²) in [6.45, 7) is 4.09. The van der Waals surface area contributed by atoms with Crippen LogP contribution in [0.5, 0.6) is 0 Å². The molecule has 0 aliphatic carbocycles. The smallest absolute Gasteiger partial charge is 0.176 e. The summed E-state index contributed by atoms with van der Waals surface area (Å²) < 4.78 is 4.60. The minimum Gasteiger partial charge on any atom is -0.478 e. The predicted octanol–water partition coefficient (Wildman–Crippen LogP) is 0.685. The van der Waals surface area contributed by atoms with Crippen LogP contribution in [0.4, 0.5) is 0 Å². The van der Waals surface area contributed by atoms with E-state index in [0.717, 1.165) is 12.4 Å². The third-order valence-electron chi connectivity index (χ3n) is 0.486. The van der Waals surface area contributed by atoms with Gasteiger partial charge in [-0.2, -0.15) is 0 Å². The maximum atomic E-state index is 4.60. The zero-order valence-electron chi connectivity index (χ0n) is 2.82. The third kappa shape index (κ3) is 0.310. The molecule has 0 spiro atoms. The highest BCUT2D eigenvalue weighted by Gasteiger charge is 2.08. The van der Waals surface area contributed by atoms with E-state index in [0.29, 0.717) is 0 Å². The normalized spacial score (nSPS) is 16.4. The van der Waals surface area contributed by atoms with Gasteiger partial charge in [0, 0.05) is 0 Å². The van der Waals surface area contributed by atoms with Crippen molar-refractivity contribution in [2.75, 3.05) is 6.61 Å². The van der Waals surface area contributed by atoms with Crippen molar-refractivity contribution in [3.8, 4) is 0 Å². The second-order valence-corrected chi connectivity index (χ2v) is 0.889. The van der Waals surface area contributed by atoms with Crippen LogP contribution in [0, 0.1) is 0 Å². The molecule has 1 rings (SSSR count). The van der Waals surface area contributed by atoms with Gasteiger partial charge in [0.05, 0.1) is 0 Å². The average molecular weight is 68.1 g/mol. The highest BCUT2D eigenvalue weighted by molar-refractivity contribution is 5.00. The van der Waals surface area contributed by atoms with Crippen molar-refractivity contribution in [2.45, 2.75) is 0 Å². The molecule has 1 aliphatic rings. The van der Waals surface area contributed by atoms with E-state index in [1.807, 2.05) is 0 Å². The summed E-state index contributed by atoms with van der Waals surface area (Å²) in [4.78, 5) is 0. The van der Waals surface area contributed by atoms with Crippen LogP contribution in [-0.4, -0.2) is 6.61 Å². The Labute approximate surface area is 30.6 Å². The summed E-state index contributed by atoms with van der Waals surface area (Å²) in [6.07, 6.45) is 0. The summed E-state index contributed by atoms with van der Waals surface area (Å²) in [5.74, 6) is 0.894. The average Bonchev–Trinajstić information content (AvgIpc) is 2.12. The molecule has 0 aromatic rings. The zero-order valence-corrected chi connectivity index (χ0v) is 2.82. The Kier molecular flexibility index (Phi) is 0.322. The first-order chi connectivity index (χ1) is 2.43. The monoisotopic (exact) mass is 68.0 g/mol. The van der Waals surface area contributed by atoms with E-state index in [9.17, 15) is 0 Å². The fraction of sp³-hybridized carbons (Fsp3) is 0.250. The first kappa shape index (κ1) is 2.55. The molecule has 1 heteroatoms. The fourth-order valence-electron chi connectivity index (χ4n) is 0.138. The van der Waals surface area contributed by atoms with Crippen LogP contribution in [0.1, 0.15) is 0 Å². The molecule has 26 valence electrons. The Balaban J connectivity index is 2.80. The molecule has 1 heterocycles. The number of epoxide rings is 1. The van der Waals surface area contributed by atoms with Gasteiger partial charge in [-0.05, 0) is 0 Å². The SMILES string of the molecule is C=C=C1CO1. The van der Waals surface area contributed by atoms with E-state index in [2.05, 4.69) is 17.0 Å². The quantitative estimate of drug-likeness (QED) is 0.300. The standard InChI is InChI=1S/C4H4O/c1-2-4-3-5-4/h1,3H2. The second kappa shape index (κ2) is 0.631. The van der Waals surface area contributed by atoms with Gasteiger partial charge in [0.25, 0.3) is 0 Å². The molecule has 0 N–H and O–H groups in total. The van der Waals surface area contributed by atoms with E-state index < -0.39 is 0 Å². The summed E-state index contributed by atoms with van der Waals surface area (Å²) in [7, 11) is 0. The van der Waals surface area contributed by atoms with Crippen molar-refractivity contribution in [1.29, 1.82) is 0 Å². The summed E-state index contributed by atoms with van der Waals surface area (Å²) in [5.41, 5.74) is 2.58. The van der Waals surface area contributed by atoms with Gasteiger partial charge in [-0.1, -0.05) is 12.3 Å². The Morgan fingerprint density at radius 3 is 2.60 bits per heavy atom. The Bertz CT molecular complexity index is 81.8. The summed E-state index contributed by atoms with van der Waals surface area (Å²) >= 11 is 0. The Morgan fingerprint density at radius 1 is 2.00 bits per heavy atom. The molecule has 0 bridgehead atoms. The maximum absolute atomic E-state index is 4.60. The van der Waals surface area contributed by atoms with E-state index in [-0.39, 0.29) is 0 Å². The largest absolute Gasteiger partial charge is 0.478 e. The van der Waals surface area contributed by atoms with Crippen LogP contribution < -0.4 is 0 Å². The molecule has 5 heavy (non-hydrogen) atoms. The van der Waals surface area contributed by atoms with Crippen LogP contribution in [0.3, 0.4) is 0 Å². The molecule has 0 radical (unpaired) electrons. The molecular formula is C4H4O. The molecule has 0 atom stereocenters.